The minimum atomic E-state index is -0.514. The molecule has 0 saturated carbocycles. The Bertz CT molecular complexity index is 4070. The molecule has 4 nitrogen and oxygen atoms in total. The molecule has 0 radical (unpaired) electrons. The molecule has 0 saturated heterocycles. The number of para-hydroxylation sites is 2. The van der Waals surface area contributed by atoms with Crippen LogP contribution in [0, 0.1) is 0 Å². The number of aromatic nitrogens is 3. The molecule has 11 rings (SSSR count). The third-order valence-electron chi connectivity index (χ3n) is 9.64. The highest BCUT2D eigenvalue weighted by Crippen LogP contribution is 2.42. The molecule has 0 aliphatic heterocycles. The number of rotatable bonds is 6. The molecule has 0 aliphatic rings. The van der Waals surface area contributed by atoms with Gasteiger partial charge in [-0.15, -0.1) is 11.3 Å². The van der Waals surface area contributed by atoms with E-state index < -0.39 is 54.4 Å². The van der Waals surface area contributed by atoms with Gasteiger partial charge in [0.15, 0.2) is 17.5 Å². The van der Waals surface area contributed by atoms with E-state index in [0.29, 0.717) is 27.8 Å². The van der Waals surface area contributed by atoms with Crippen LogP contribution in [0.1, 0.15) is 19.2 Å². The number of benzene rings is 8. The highest BCUT2D eigenvalue weighted by molar-refractivity contribution is 7.26. The van der Waals surface area contributed by atoms with Crippen molar-refractivity contribution in [1.82, 2.24) is 15.0 Å². The van der Waals surface area contributed by atoms with Crippen molar-refractivity contribution in [2.45, 2.75) is 0 Å². The summed E-state index contributed by atoms with van der Waals surface area (Å²) in [6, 6.07) is 25.6. The zero-order chi connectivity index (χ0) is 49.2. The van der Waals surface area contributed by atoms with Gasteiger partial charge in [0, 0.05) is 53.2 Å². The third-order valence-corrected chi connectivity index (χ3v) is 10.8. The van der Waals surface area contributed by atoms with E-state index in [0.717, 1.165) is 22.5 Å². The van der Waals surface area contributed by atoms with Gasteiger partial charge in [0.1, 0.15) is 11.2 Å². The lowest BCUT2D eigenvalue weighted by molar-refractivity contribution is 0.670. The van der Waals surface area contributed by atoms with Crippen LogP contribution in [0.15, 0.2) is 192 Å². The molecular formula is C51H31N3OS. The molecule has 0 atom stereocenters. The Labute approximate surface area is 346 Å². The smallest absolute Gasteiger partial charge is 0.165 e. The molecular weight excluding hydrogens is 703 g/mol. The molecule has 56 heavy (non-hydrogen) atoms. The van der Waals surface area contributed by atoms with Gasteiger partial charge in [0.05, 0.1) is 19.2 Å². The number of nitrogens with zero attached hydrogens (tertiary/aromatic N) is 3. The summed E-state index contributed by atoms with van der Waals surface area (Å²) in [6.45, 7) is 0. The third kappa shape index (κ3) is 5.40. The summed E-state index contributed by atoms with van der Waals surface area (Å²) in [7, 11) is 0. The maximum atomic E-state index is 9.33. The summed E-state index contributed by atoms with van der Waals surface area (Å²) >= 11 is 0.981. The van der Waals surface area contributed by atoms with E-state index in [-0.39, 0.29) is 101 Å². The quantitative estimate of drug-likeness (QED) is 0.170. The second kappa shape index (κ2) is 13.3. The molecule has 8 aromatic carbocycles. The molecule has 0 N–H and O–H groups in total. The van der Waals surface area contributed by atoms with Gasteiger partial charge >= 0.3 is 0 Å². The fourth-order valence-corrected chi connectivity index (χ4v) is 8.10. The fourth-order valence-electron chi connectivity index (χ4n) is 7.04. The standard InChI is InChI=1S/C51H31N3OS/c1-2-14-32(15-3-1)35-16-4-6-20-42(35)49-52-50(54-51(53-49)44-25-13-24-41-39-19-9-11-27-46(39)56-48(41)44)43-21-7-5-17-36(43)33-28-30-34(31-29-33)37-22-12-23-40-38-18-8-10-26-45(38)55-47(37)40/h1-31H/i8D,9D,10D,11D,12D,13D,18D,19D,22D,23D,24D,25D,26D,27D. The van der Waals surface area contributed by atoms with Crippen LogP contribution in [0.3, 0.4) is 0 Å². The number of hydrogen-bond donors (Lipinski definition) is 0. The summed E-state index contributed by atoms with van der Waals surface area (Å²) in [4.78, 5) is 15.1. The van der Waals surface area contributed by atoms with Crippen LogP contribution in [0.2, 0.25) is 0 Å². The molecule has 0 unspecified atom stereocenters. The molecule has 0 spiro atoms. The predicted molar refractivity (Wildman–Crippen MR) is 233 cm³/mol. The monoisotopic (exact) mass is 747 g/mol. The van der Waals surface area contributed by atoms with E-state index in [1.54, 1.807) is 24.3 Å². The van der Waals surface area contributed by atoms with Crippen LogP contribution in [0.25, 0.3) is 110 Å². The molecule has 0 aliphatic carbocycles. The summed E-state index contributed by atoms with van der Waals surface area (Å²) in [6.07, 6.45) is 0. The Hall–Kier alpha value is -7.21. The maximum Gasteiger partial charge on any atom is 0.165 e. The first kappa shape index (κ1) is 21.0. The van der Waals surface area contributed by atoms with Crippen LogP contribution in [0.5, 0.6) is 0 Å². The SMILES string of the molecule is [2H]c1c([2H])c([2H])c2c(oc3c(-c4ccc(-c5ccccc5-c5nc(-c6ccccc6-c6ccccc6)nc(-c6c([2H])c([2H])c([2H])c7c6sc6c([2H])c([2H])c([2H])c([2H])c67)n5)cc4)c([2H])c([2H])c([2H])c32)c1[2H]. The number of hydrogen-bond acceptors (Lipinski definition) is 5. The van der Waals surface area contributed by atoms with Crippen molar-refractivity contribution in [3.05, 3.63) is 188 Å². The van der Waals surface area contributed by atoms with E-state index in [1.165, 1.54) is 0 Å². The lowest BCUT2D eigenvalue weighted by atomic mass is 9.95. The molecule has 0 bridgehead atoms. The van der Waals surface area contributed by atoms with Crippen LogP contribution >= 0.6 is 11.3 Å². The van der Waals surface area contributed by atoms with Crippen molar-refractivity contribution in [2.24, 2.45) is 0 Å². The van der Waals surface area contributed by atoms with Gasteiger partial charge in [-0.1, -0.05) is 170 Å². The Morgan fingerprint density at radius 2 is 0.893 bits per heavy atom. The fraction of sp³-hybridized carbons (Fsp3) is 0. The second-order valence-electron chi connectivity index (χ2n) is 12.9. The summed E-state index contributed by atoms with van der Waals surface area (Å²) < 4.78 is 128. The Morgan fingerprint density at radius 1 is 0.393 bits per heavy atom. The Morgan fingerprint density at radius 3 is 1.59 bits per heavy atom. The zero-order valence-corrected chi connectivity index (χ0v) is 29.8. The van der Waals surface area contributed by atoms with Gasteiger partial charge in [0.2, 0.25) is 0 Å². The van der Waals surface area contributed by atoms with Crippen molar-refractivity contribution in [1.29, 1.82) is 0 Å². The van der Waals surface area contributed by atoms with Crippen molar-refractivity contribution < 1.29 is 23.6 Å². The lowest BCUT2D eigenvalue weighted by Crippen LogP contribution is -2.02. The predicted octanol–water partition coefficient (Wildman–Crippen LogP) is 14.1. The number of thiophene rings is 1. The molecule has 5 heteroatoms. The first-order valence-electron chi connectivity index (χ1n) is 24.5. The van der Waals surface area contributed by atoms with Gasteiger partial charge < -0.3 is 4.42 Å². The van der Waals surface area contributed by atoms with Crippen molar-refractivity contribution >= 4 is 53.4 Å². The van der Waals surface area contributed by atoms with E-state index >= 15 is 0 Å². The normalized spacial score (nSPS) is 15.1. The average molecular weight is 748 g/mol. The van der Waals surface area contributed by atoms with E-state index in [4.69, 9.17) is 37.2 Å². The van der Waals surface area contributed by atoms with Gasteiger partial charge in [-0.25, -0.2) is 15.0 Å². The highest BCUT2D eigenvalue weighted by Gasteiger charge is 2.20. The molecule has 11 aromatic rings. The first-order valence-corrected chi connectivity index (χ1v) is 18.4. The van der Waals surface area contributed by atoms with Gasteiger partial charge in [-0.3, -0.25) is 0 Å². The molecule has 3 aromatic heterocycles. The van der Waals surface area contributed by atoms with Crippen LogP contribution in [-0.2, 0) is 0 Å². The molecule has 262 valence electrons. The van der Waals surface area contributed by atoms with Crippen LogP contribution in [0.4, 0.5) is 0 Å². The molecule has 3 heterocycles. The Balaban J connectivity index is 1.14. The summed E-state index contributed by atoms with van der Waals surface area (Å²) in [5.41, 5.74) is 4.52. The summed E-state index contributed by atoms with van der Waals surface area (Å²) in [5.74, 6) is 0.360. The molecule has 0 fully saturated rings. The lowest BCUT2D eigenvalue weighted by Gasteiger charge is -2.14. The topological polar surface area (TPSA) is 51.8 Å². The number of furan rings is 1. The van der Waals surface area contributed by atoms with E-state index in [9.17, 15) is 1.37 Å². The minimum absolute atomic E-state index is 0.00362. The second-order valence-corrected chi connectivity index (χ2v) is 13.9. The van der Waals surface area contributed by atoms with Gasteiger partial charge in [-0.2, -0.15) is 0 Å². The highest BCUT2D eigenvalue weighted by atomic mass is 32.1. The van der Waals surface area contributed by atoms with Gasteiger partial charge in [-0.05, 0) is 45.9 Å². The van der Waals surface area contributed by atoms with E-state index in [2.05, 4.69) is 0 Å². The minimum Gasteiger partial charge on any atom is -0.455 e. The maximum absolute atomic E-state index is 9.33. The Kier molecular flexibility index (Phi) is 4.98. The summed E-state index contributed by atoms with van der Waals surface area (Å²) in [5, 5.41) is 0.122. The molecule has 0 amide bonds. The number of fused-ring (bicyclic) bond motifs is 6. The first-order chi connectivity index (χ1) is 33.6. The van der Waals surface area contributed by atoms with Crippen LogP contribution in [-0.4, -0.2) is 15.0 Å². The van der Waals surface area contributed by atoms with Crippen LogP contribution < -0.4 is 0 Å². The van der Waals surface area contributed by atoms with Crippen molar-refractivity contribution in [2.75, 3.05) is 0 Å². The largest absolute Gasteiger partial charge is 0.455 e. The van der Waals surface area contributed by atoms with Gasteiger partial charge in [0.25, 0.3) is 0 Å². The van der Waals surface area contributed by atoms with Crippen molar-refractivity contribution in [3.63, 3.8) is 0 Å². The zero-order valence-electron chi connectivity index (χ0n) is 43.0. The average Bonchev–Trinajstić information content (AvgIpc) is 3.98. The van der Waals surface area contributed by atoms with E-state index in [1.807, 2.05) is 78.9 Å². The van der Waals surface area contributed by atoms with Crippen molar-refractivity contribution in [3.8, 4) is 67.5 Å².